The van der Waals surface area contributed by atoms with Crippen molar-refractivity contribution in [1.82, 2.24) is 5.32 Å². The monoisotopic (exact) mass is 380 g/mol. The van der Waals surface area contributed by atoms with Gasteiger partial charge in [-0.3, -0.25) is 9.69 Å². The minimum atomic E-state index is -1.05. The zero-order valence-corrected chi connectivity index (χ0v) is 15.1. The first kappa shape index (κ1) is 18.0. The molecule has 2 heterocycles. The number of carbonyl (C=O) groups is 3. The smallest absolute Gasteiger partial charge is 0.408 e. The van der Waals surface area contributed by atoms with Crippen molar-refractivity contribution in [3.8, 4) is 0 Å². The molecule has 7 nitrogen and oxygen atoms in total. The van der Waals surface area contributed by atoms with Crippen LogP contribution in [-0.4, -0.2) is 35.2 Å². The molecule has 144 valence electrons. The van der Waals surface area contributed by atoms with Crippen LogP contribution in [0.3, 0.4) is 0 Å². The van der Waals surface area contributed by atoms with Gasteiger partial charge in [0.15, 0.2) is 0 Å². The number of hydrogen-bond donors (Lipinski definition) is 2. The summed E-state index contributed by atoms with van der Waals surface area (Å²) in [6, 6.07) is 13.1. The van der Waals surface area contributed by atoms with Crippen LogP contribution in [0.1, 0.15) is 23.1 Å². The third-order valence-electron chi connectivity index (χ3n) is 5.20. The highest BCUT2D eigenvalue weighted by atomic mass is 16.5. The summed E-state index contributed by atoms with van der Waals surface area (Å²) in [7, 11) is 0. The highest BCUT2D eigenvalue weighted by Gasteiger charge is 2.44. The van der Waals surface area contributed by atoms with Crippen molar-refractivity contribution < 1.29 is 24.2 Å². The molecule has 2 aliphatic heterocycles. The van der Waals surface area contributed by atoms with E-state index in [1.165, 1.54) is 4.90 Å². The van der Waals surface area contributed by atoms with Crippen LogP contribution < -0.4 is 10.2 Å². The molecule has 0 saturated heterocycles. The van der Waals surface area contributed by atoms with Crippen LogP contribution in [0.5, 0.6) is 0 Å². The van der Waals surface area contributed by atoms with E-state index in [-0.39, 0.29) is 13.0 Å². The number of nitrogens with one attached hydrogen (secondary N) is 1. The summed E-state index contributed by atoms with van der Waals surface area (Å²) in [5.74, 6) is -1.46. The topological polar surface area (TPSA) is 95.9 Å². The van der Waals surface area contributed by atoms with Crippen LogP contribution >= 0.6 is 0 Å². The molecule has 0 spiro atoms. The van der Waals surface area contributed by atoms with E-state index in [2.05, 4.69) is 5.32 Å². The van der Waals surface area contributed by atoms with Crippen LogP contribution in [0.25, 0.3) is 0 Å². The van der Waals surface area contributed by atoms with Crippen molar-refractivity contribution >= 4 is 23.7 Å². The molecular weight excluding hydrogens is 360 g/mol. The summed E-state index contributed by atoms with van der Waals surface area (Å²) < 4.78 is 5.22. The number of hydrogen-bond acceptors (Lipinski definition) is 4. The second kappa shape index (κ2) is 7.34. The lowest BCUT2D eigenvalue weighted by Crippen LogP contribution is -2.52. The molecule has 28 heavy (non-hydrogen) atoms. The van der Waals surface area contributed by atoms with Gasteiger partial charge in [-0.05, 0) is 29.5 Å². The summed E-state index contributed by atoms with van der Waals surface area (Å²) in [5.41, 5.74) is 3.30. The molecule has 0 bridgehead atoms. The van der Waals surface area contributed by atoms with E-state index in [0.717, 1.165) is 16.7 Å². The standard InChI is InChI=1S/C21H20N2O5/c24-19-16(22-21(27)28-12-13-5-2-1-3-6-13)10-9-14-7-4-8-15-11-17(20(25)26)23(19)18(14)15/h1-8,16-17H,9-12H2,(H,22,27)(H,25,26)/t16?,17-/m0/s1. The van der Waals surface area contributed by atoms with Crippen molar-refractivity contribution in [3.63, 3.8) is 0 Å². The van der Waals surface area contributed by atoms with Crippen molar-refractivity contribution in [2.45, 2.75) is 38.0 Å². The Hall–Kier alpha value is -3.35. The number of amides is 2. The van der Waals surface area contributed by atoms with Crippen LogP contribution in [0, 0.1) is 0 Å². The number of aryl methyl sites for hydroxylation is 1. The molecule has 0 aromatic heterocycles. The van der Waals surface area contributed by atoms with Gasteiger partial charge < -0.3 is 15.2 Å². The molecule has 0 radical (unpaired) electrons. The van der Waals surface area contributed by atoms with E-state index in [9.17, 15) is 19.5 Å². The minimum Gasteiger partial charge on any atom is -0.480 e. The molecule has 0 saturated carbocycles. The number of ether oxygens (including phenoxy) is 1. The summed E-state index contributed by atoms with van der Waals surface area (Å²) in [6.07, 6.45) is 0.537. The number of carboxylic acids is 1. The third kappa shape index (κ3) is 3.31. The molecule has 2 atom stereocenters. The number of rotatable bonds is 4. The Labute approximate surface area is 161 Å². The van der Waals surface area contributed by atoms with Crippen molar-refractivity contribution in [2.24, 2.45) is 0 Å². The molecule has 2 aromatic carbocycles. The first-order valence-electron chi connectivity index (χ1n) is 9.18. The van der Waals surface area contributed by atoms with Crippen LogP contribution in [-0.2, 0) is 33.8 Å². The third-order valence-corrected chi connectivity index (χ3v) is 5.20. The number of carboxylic acid groups (broad SMARTS) is 1. The molecule has 4 rings (SSSR count). The van der Waals surface area contributed by atoms with Gasteiger partial charge in [-0.15, -0.1) is 0 Å². The van der Waals surface area contributed by atoms with Crippen molar-refractivity contribution in [1.29, 1.82) is 0 Å². The van der Waals surface area contributed by atoms with Gasteiger partial charge in [0.05, 0.1) is 5.69 Å². The number of anilines is 1. The maximum absolute atomic E-state index is 13.1. The average Bonchev–Trinajstić information content (AvgIpc) is 3.04. The maximum Gasteiger partial charge on any atom is 0.408 e. The van der Waals surface area contributed by atoms with Gasteiger partial charge in [0, 0.05) is 6.42 Å². The molecule has 7 heteroatoms. The number of carbonyl (C=O) groups excluding carboxylic acids is 2. The summed E-state index contributed by atoms with van der Waals surface area (Å²) in [6.45, 7) is 0.0966. The van der Waals surface area contributed by atoms with Gasteiger partial charge in [0.1, 0.15) is 18.7 Å². The van der Waals surface area contributed by atoms with E-state index < -0.39 is 30.1 Å². The van der Waals surface area contributed by atoms with Crippen molar-refractivity contribution in [3.05, 3.63) is 65.2 Å². The van der Waals surface area contributed by atoms with E-state index in [1.54, 1.807) is 0 Å². The SMILES string of the molecule is O=C(NC1CCc2cccc3c2N(C1=O)[C@H](C(=O)O)C3)OCc1ccccc1. The molecule has 2 aliphatic rings. The zero-order chi connectivity index (χ0) is 19.7. The second-order valence-corrected chi connectivity index (χ2v) is 6.99. The highest BCUT2D eigenvalue weighted by Crippen LogP contribution is 2.38. The lowest BCUT2D eigenvalue weighted by atomic mass is 10.0. The number of benzene rings is 2. The Bertz CT molecular complexity index is 928. The molecule has 2 aromatic rings. The second-order valence-electron chi connectivity index (χ2n) is 6.99. The van der Waals surface area contributed by atoms with E-state index in [0.29, 0.717) is 18.5 Å². The number of para-hydroxylation sites is 1. The first-order chi connectivity index (χ1) is 13.5. The predicted molar refractivity (Wildman–Crippen MR) is 101 cm³/mol. The number of nitrogens with zero attached hydrogens (tertiary/aromatic N) is 1. The fourth-order valence-electron chi connectivity index (χ4n) is 3.87. The fraction of sp³-hybridized carbons (Fsp3) is 0.286. The normalized spacial score (nSPS) is 20.3. The Morgan fingerprint density at radius 1 is 1.11 bits per heavy atom. The summed E-state index contributed by atoms with van der Waals surface area (Å²) in [5, 5.41) is 12.2. The predicted octanol–water partition coefficient (Wildman–Crippen LogP) is 2.27. The largest absolute Gasteiger partial charge is 0.480 e. The van der Waals surface area contributed by atoms with Gasteiger partial charge in [-0.2, -0.15) is 0 Å². The minimum absolute atomic E-state index is 0.0966. The molecular formula is C21H20N2O5. The molecule has 0 fully saturated rings. The number of aliphatic carboxylic acids is 1. The summed E-state index contributed by atoms with van der Waals surface area (Å²) in [4.78, 5) is 38.4. The molecule has 2 N–H and O–H groups in total. The Kier molecular flexibility index (Phi) is 4.73. The molecule has 0 aliphatic carbocycles. The van der Waals surface area contributed by atoms with Crippen LogP contribution in [0.15, 0.2) is 48.5 Å². The van der Waals surface area contributed by atoms with Gasteiger partial charge in [-0.25, -0.2) is 9.59 Å². The fourth-order valence-corrected chi connectivity index (χ4v) is 3.87. The lowest BCUT2D eigenvalue weighted by Gasteiger charge is -2.26. The quantitative estimate of drug-likeness (QED) is 0.848. The average molecular weight is 380 g/mol. The Balaban J connectivity index is 1.50. The highest BCUT2D eigenvalue weighted by molar-refractivity contribution is 6.06. The van der Waals surface area contributed by atoms with Gasteiger partial charge >= 0.3 is 12.1 Å². The van der Waals surface area contributed by atoms with Crippen molar-refractivity contribution in [2.75, 3.05) is 4.90 Å². The van der Waals surface area contributed by atoms with Gasteiger partial charge in [0.25, 0.3) is 5.91 Å². The van der Waals surface area contributed by atoms with E-state index in [4.69, 9.17) is 4.74 Å². The maximum atomic E-state index is 13.1. The van der Waals surface area contributed by atoms with Crippen LogP contribution in [0.4, 0.5) is 10.5 Å². The molecule has 2 amide bonds. The Morgan fingerprint density at radius 2 is 1.86 bits per heavy atom. The zero-order valence-electron chi connectivity index (χ0n) is 15.1. The first-order valence-corrected chi connectivity index (χ1v) is 9.18. The number of alkyl carbamates (subject to hydrolysis) is 1. The van der Waals surface area contributed by atoms with E-state index in [1.807, 2.05) is 48.5 Å². The van der Waals surface area contributed by atoms with Gasteiger partial charge in [0.2, 0.25) is 0 Å². The van der Waals surface area contributed by atoms with E-state index >= 15 is 0 Å². The Morgan fingerprint density at radius 3 is 2.61 bits per heavy atom. The van der Waals surface area contributed by atoms with Gasteiger partial charge in [-0.1, -0.05) is 48.5 Å². The molecule has 1 unspecified atom stereocenters. The van der Waals surface area contributed by atoms with Crippen LogP contribution in [0.2, 0.25) is 0 Å². The summed E-state index contributed by atoms with van der Waals surface area (Å²) >= 11 is 0. The lowest BCUT2D eigenvalue weighted by molar-refractivity contribution is -0.140.